The van der Waals surface area contributed by atoms with E-state index in [0.29, 0.717) is 31.1 Å². The van der Waals surface area contributed by atoms with Crippen molar-refractivity contribution in [2.45, 2.75) is 30.7 Å². The number of Topliss-reactive ketones (excluding diaryl/α,β-unsaturated/α-hetero) is 1. The Hall–Kier alpha value is -2.00. The van der Waals surface area contributed by atoms with Crippen molar-refractivity contribution in [1.82, 2.24) is 14.5 Å². The van der Waals surface area contributed by atoms with Gasteiger partial charge in [-0.15, -0.1) is 0 Å². The minimum atomic E-state index is -3.50. The van der Waals surface area contributed by atoms with E-state index in [9.17, 15) is 13.2 Å². The quantitative estimate of drug-likeness (QED) is 0.613. The number of furan rings is 1. The Kier molecular flexibility index (Phi) is 7.46. The molecule has 1 fully saturated rings. The lowest BCUT2D eigenvalue weighted by atomic mass is 10.0. The van der Waals surface area contributed by atoms with Crippen LogP contribution in [0.3, 0.4) is 0 Å². The van der Waals surface area contributed by atoms with Crippen LogP contribution in [0.15, 0.2) is 52.0 Å². The molecule has 2 heterocycles. The molecule has 0 saturated carbocycles. The summed E-state index contributed by atoms with van der Waals surface area (Å²) in [5.74, 6) is 1.31. The Morgan fingerprint density at radius 3 is 2.43 bits per heavy atom. The molecule has 164 valence electrons. The molecule has 1 saturated heterocycles. The molecule has 2 aromatic rings. The lowest BCUT2D eigenvalue weighted by Gasteiger charge is -2.29. The Bertz CT molecular complexity index is 916. The highest BCUT2D eigenvalue weighted by Gasteiger charge is 2.28. The van der Waals surface area contributed by atoms with Gasteiger partial charge in [-0.3, -0.25) is 9.69 Å². The monoisotopic (exact) mass is 433 g/mol. The number of hydrogen-bond acceptors (Lipinski definition) is 6. The number of hydrogen-bond donors (Lipinski definition) is 1. The zero-order valence-corrected chi connectivity index (χ0v) is 18.7. The van der Waals surface area contributed by atoms with Gasteiger partial charge in [-0.05, 0) is 57.1 Å². The maximum absolute atomic E-state index is 12.8. The van der Waals surface area contributed by atoms with E-state index in [-0.39, 0.29) is 23.3 Å². The third-order valence-electron chi connectivity index (χ3n) is 5.67. The van der Waals surface area contributed by atoms with E-state index in [1.807, 2.05) is 31.1 Å². The molecule has 1 unspecified atom stereocenters. The molecule has 0 spiro atoms. The largest absolute Gasteiger partial charge is 0.468 e. The number of ketones is 1. The second-order valence-electron chi connectivity index (χ2n) is 8.16. The van der Waals surface area contributed by atoms with Gasteiger partial charge in [0.25, 0.3) is 0 Å². The summed E-state index contributed by atoms with van der Waals surface area (Å²) in [7, 11) is 0.414. The van der Waals surface area contributed by atoms with Gasteiger partial charge in [0.15, 0.2) is 5.78 Å². The first kappa shape index (κ1) is 22.7. The summed E-state index contributed by atoms with van der Waals surface area (Å²) in [6, 6.07) is 10.0. The van der Waals surface area contributed by atoms with E-state index in [1.165, 1.54) is 12.1 Å². The zero-order chi connectivity index (χ0) is 21.7. The number of nitrogens with one attached hydrogen (secondary N) is 1. The van der Waals surface area contributed by atoms with Crippen LogP contribution in [0.4, 0.5) is 0 Å². The van der Waals surface area contributed by atoms with Gasteiger partial charge in [-0.1, -0.05) is 19.1 Å². The SMILES string of the molecule is CC1CCN(S(=O)(=O)c2ccc(C(=O)CNCC(c3ccco3)N(C)C)cc2)CC1. The normalized spacial score (nSPS) is 17.3. The van der Waals surface area contributed by atoms with Crippen molar-refractivity contribution < 1.29 is 17.6 Å². The topological polar surface area (TPSA) is 82.9 Å². The minimum Gasteiger partial charge on any atom is -0.468 e. The molecule has 1 atom stereocenters. The number of rotatable bonds is 9. The zero-order valence-electron chi connectivity index (χ0n) is 17.9. The molecule has 1 aromatic carbocycles. The molecule has 7 nitrogen and oxygen atoms in total. The molecule has 30 heavy (non-hydrogen) atoms. The van der Waals surface area contributed by atoms with Crippen LogP contribution in [0.1, 0.15) is 41.9 Å². The molecular formula is C22H31N3O4S. The molecule has 1 aromatic heterocycles. The molecule has 3 rings (SSSR count). The van der Waals surface area contributed by atoms with Crippen LogP contribution >= 0.6 is 0 Å². The van der Waals surface area contributed by atoms with Crippen molar-refractivity contribution in [2.75, 3.05) is 40.3 Å². The van der Waals surface area contributed by atoms with Crippen molar-refractivity contribution >= 4 is 15.8 Å². The first-order valence-corrected chi connectivity index (χ1v) is 11.8. The van der Waals surface area contributed by atoms with Crippen LogP contribution in [0.25, 0.3) is 0 Å². The smallest absolute Gasteiger partial charge is 0.243 e. The molecule has 1 aliphatic rings. The van der Waals surface area contributed by atoms with Crippen molar-refractivity contribution in [1.29, 1.82) is 0 Å². The van der Waals surface area contributed by atoms with Gasteiger partial charge in [-0.2, -0.15) is 4.31 Å². The lowest BCUT2D eigenvalue weighted by molar-refractivity contribution is 0.0987. The Labute approximate surface area is 179 Å². The summed E-state index contributed by atoms with van der Waals surface area (Å²) in [6.45, 7) is 3.98. The number of nitrogens with zero attached hydrogens (tertiary/aromatic N) is 2. The maximum Gasteiger partial charge on any atom is 0.243 e. The van der Waals surface area contributed by atoms with Crippen molar-refractivity contribution in [3.8, 4) is 0 Å². The summed E-state index contributed by atoms with van der Waals surface area (Å²) in [5, 5.41) is 3.18. The van der Waals surface area contributed by atoms with Crippen molar-refractivity contribution in [2.24, 2.45) is 5.92 Å². The van der Waals surface area contributed by atoms with Crippen molar-refractivity contribution in [3.63, 3.8) is 0 Å². The van der Waals surface area contributed by atoms with E-state index in [2.05, 4.69) is 12.2 Å². The number of piperidine rings is 1. The van der Waals surface area contributed by atoms with Crippen LogP contribution in [-0.2, 0) is 10.0 Å². The third kappa shape index (κ3) is 5.37. The molecule has 0 aliphatic carbocycles. The van der Waals surface area contributed by atoms with Crippen LogP contribution in [0.5, 0.6) is 0 Å². The van der Waals surface area contributed by atoms with Crippen LogP contribution < -0.4 is 5.32 Å². The number of benzene rings is 1. The second kappa shape index (κ2) is 9.87. The van der Waals surface area contributed by atoms with E-state index < -0.39 is 10.0 Å². The summed E-state index contributed by atoms with van der Waals surface area (Å²) in [6.07, 6.45) is 3.40. The van der Waals surface area contributed by atoms with Gasteiger partial charge in [-0.25, -0.2) is 8.42 Å². The van der Waals surface area contributed by atoms with E-state index >= 15 is 0 Å². The Balaban J connectivity index is 1.57. The average Bonchev–Trinajstić information content (AvgIpc) is 3.25. The molecule has 0 amide bonds. The summed E-state index contributed by atoms with van der Waals surface area (Å²) >= 11 is 0. The molecular weight excluding hydrogens is 402 g/mol. The fraction of sp³-hybridized carbons (Fsp3) is 0.500. The molecule has 8 heteroatoms. The molecule has 0 radical (unpaired) electrons. The third-order valence-corrected chi connectivity index (χ3v) is 7.59. The molecule has 1 N–H and O–H groups in total. The molecule has 1 aliphatic heterocycles. The van der Waals surface area contributed by atoms with Crippen LogP contribution in [-0.4, -0.2) is 63.7 Å². The predicted octanol–water partition coefficient (Wildman–Crippen LogP) is 2.78. The Morgan fingerprint density at radius 2 is 1.87 bits per heavy atom. The van der Waals surface area contributed by atoms with Gasteiger partial charge < -0.3 is 9.73 Å². The van der Waals surface area contributed by atoms with Gasteiger partial charge in [0, 0.05) is 25.2 Å². The van der Waals surface area contributed by atoms with Gasteiger partial charge in [0.05, 0.1) is 23.7 Å². The van der Waals surface area contributed by atoms with E-state index in [1.54, 1.807) is 22.7 Å². The Morgan fingerprint density at radius 1 is 1.20 bits per heavy atom. The fourth-order valence-corrected chi connectivity index (χ4v) is 5.10. The lowest BCUT2D eigenvalue weighted by Crippen LogP contribution is -2.37. The first-order chi connectivity index (χ1) is 14.3. The second-order valence-corrected chi connectivity index (χ2v) is 10.1. The maximum atomic E-state index is 12.8. The molecule has 0 bridgehead atoms. The summed E-state index contributed by atoms with van der Waals surface area (Å²) < 4.78 is 32.6. The summed E-state index contributed by atoms with van der Waals surface area (Å²) in [5.41, 5.74) is 0.494. The number of sulfonamides is 1. The fourth-order valence-electron chi connectivity index (χ4n) is 3.63. The number of likely N-dealkylation sites (N-methyl/N-ethyl adjacent to an activating group) is 1. The highest BCUT2D eigenvalue weighted by Crippen LogP contribution is 2.23. The van der Waals surface area contributed by atoms with Gasteiger partial charge >= 0.3 is 0 Å². The van der Waals surface area contributed by atoms with Crippen LogP contribution in [0.2, 0.25) is 0 Å². The van der Waals surface area contributed by atoms with Gasteiger partial charge in [0.1, 0.15) is 5.76 Å². The predicted molar refractivity (Wildman–Crippen MR) is 116 cm³/mol. The van der Waals surface area contributed by atoms with Gasteiger partial charge in [0.2, 0.25) is 10.0 Å². The van der Waals surface area contributed by atoms with Crippen molar-refractivity contribution in [3.05, 3.63) is 54.0 Å². The number of carbonyl (C=O) groups is 1. The highest BCUT2D eigenvalue weighted by molar-refractivity contribution is 7.89. The van der Waals surface area contributed by atoms with E-state index in [4.69, 9.17) is 4.42 Å². The summed E-state index contributed by atoms with van der Waals surface area (Å²) in [4.78, 5) is 14.8. The average molecular weight is 434 g/mol. The number of carbonyl (C=O) groups excluding carboxylic acids is 1. The van der Waals surface area contributed by atoms with Crippen LogP contribution in [0, 0.1) is 5.92 Å². The first-order valence-electron chi connectivity index (χ1n) is 10.3. The van der Waals surface area contributed by atoms with E-state index in [0.717, 1.165) is 18.6 Å². The minimum absolute atomic E-state index is 0.0209. The standard InChI is InChI=1S/C22H31N3O4S/c1-17-10-12-25(13-11-17)30(27,28)19-8-6-18(7-9-19)21(26)16-23-15-20(24(2)3)22-5-4-14-29-22/h4-9,14,17,20,23H,10-13,15-16H2,1-3H3. The highest BCUT2D eigenvalue weighted by atomic mass is 32.2.